The summed E-state index contributed by atoms with van der Waals surface area (Å²) in [6.45, 7) is 4.23. The number of nitrogens with zero attached hydrogens (tertiary/aromatic N) is 3. The molecule has 1 aromatic rings. The van der Waals surface area contributed by atoms with E-state index in [-0.39, 0.29) is 16.6 Å². The minimum absolute atomic E-state index is 0.0774. The second kappa shape index (κ2) is 6.11. The number of sulfonamides is 1. The Morgan fingerprint density at radius 3 is 2.95 bits per heavy atom. The molecule has 0 aliphatic carbocycles. The van der Waals surface area contributed by atoms with Crippen LogP contribution in [0, 0.1) is 5.92 Å². The summed E-state index contributed by atoms with van der Waals surface area (Å²) in [6.07, 6.45) is 3.22. The maximum Gasteiger partial charge on any atom is 0.248 e. The second-order valence-electron chi connectivity index (χ2n) is 5.11. The second-order valence-corrected chi connectivity index (χ2v) is 7.02. The van der Waals surface area contributed by atoms with Gasteiger partial charge in [0, 0.05) is 32.9 Å². The Kier molecular flexibility index (Phi) is 4.66. The highest BCUT2D eigenvalue weighted by Gasteiger charge is 2.34. The molecule has 1 aromatic heterocycles. The molecule has 0 bridgehead atoms. The molecule has 0 radical (unpaired) electrons. The lowest BCUT2D eigenvalue weighted by Crippen LogP contribution is -2.29. The molecule has 2 rings (SSSR count). The molecule has 1 atom stereocenters. The summed E-state index contributed by atoms with van der Waals surface area (Å²) in [5, 5.41) is 4.06. The SMILES string of the molecule is CCCn1cc(S(=O)(=O)N2CCC(COC)C2)c(N)n1. The molecule has 8 heteroatoms. The Morgan fingerprint density at radius 1 is 1.55 bits per heavy atom. The molecular weight excluding hydrogens is 280 g/mol. The molecule has 114 valence electrons. The third kappa shape index (κ3) is 2.97. The first-order valence-electron chi connectivity index (χ1n) is 6.81. The summed E-state index contributed by atoms with van der Waals surface area (Å²) in [6, 6.07) is 0. The molecule has 1 unspecified atom stereocenters. The summed E-state index contributed by atoms with van der Waals surface area (Å²) >= 11 is 0. The van der Waals surface area contributed by atoms with Crippen LogP contribution in [0.1, 0.15) is 19.8 Å². The van der Waals surface area contributed by atoms with Crippen LogP contribution in [-0.2, 0) is 21.3 Å². The van der Waals surface area contributed by atoms with E-state index in [9.17, 15) is 8.42 Å². The number of hydrogen-bond acceptors (Lipinski definition) is 5. The monoisotopic (exact) mass is 302 g/mol. The minimum atomic E-state index is -3.55. The number of aryl methyl sites for hydroxylation is 1. The van der Waals surface area contributed by atoms with Gasteiger partial charge in [0.05, 0.1) is 6.61 Å². The summed E-state index contributed by atoms with van der Waals surface area (Å²) in [4.78, 5) is 0.115. The number of hydrogen-bond donors (Lipinski definition) is 1. The largest absolute Gasteiger partial charge is 0.384 e. The first-order chi connectivity index (χ1) is 9.48. The molecule has 1 aliphatic heterocycles. The zero-order valence-electron chi connectivity index (χ0n) is 11.9. The van der Waals surface area contributed by atoms with Crippen molar-refractivity contribution < 1.29 is 13.2 Å². The number of nitrogens with two attached hydrogens (primary N) is 1. The van der Waals surface area contributed by atoms with E-state index < -0.39 is 10.0 Å². The first kappa shape index (κ1) is 15.3. The van der Waals surface area contributed by atoms with E-state index in [2.05, 4.69) is 5.10 Å². The minimum Gasteiger partial charge on any atom is -0.384 e. The van der Waals surface area contributed by atoms with Gasteiger partial charge in [0.15, 0.2) is 5.82 Å². The summed E-state index contributed by atoms with van der Waals surface area (Å²) in [7, 11) is -1.92. The maximum absolute atomic E-state index is 12.6. The number of aromatic nitrogens is 2. The smallest absolute Gasteiger partial charge is 0.248 e. The van der Waals surface area contributed by atoms with Crippen LogP contribution in [0.25, 0.3) is 0 Å². The van der Waals surface area contributed by atoms with Crippen LogP contribution >= 0.6 is 0 Å². The van der Waals surface area contributed by atoms with E-state index in [4.69, 9.17) is 10.5 Å². The Labute approximate surface area is 119 Å². The molecule has 0 saturated carbocycles. The highest BCUT2D eigenvalue weighted by molar-refractivity contribution is 7.89. The van der Waals surface area contributed by atoms with Crippen molar-refractivity contribution in [2.75, 3.05) is 32.5 Å². The molecule has 7 nitrogen and oxygen atoms in total. The molecule has 1 aliphatic rings. The van der Waals surface area contributed by atoms with Crippen LogP contribution in [0.3, 0.4) is 0 Å². The Balaban J connectivity index is 2.18. The Morgan fingerprint density at radius 2 is 2.30 bits per heavy atom. The predicted molar refractivity (Wildman–Crippen MR) is 75.7 cm³/mol. The van der Waals surface area contributed by atoms with E-state index in [1.807, 2.05) is 6.92 Å². The van der Waals surface area contributed by atoms with Crippen molar-refractivity contribution in [3.63, 3.8) is 0 Å². The van der Waals surface area contributed by atoms with Gasteiger partial charge >= 0.3 is 0 Å². The summed E-state index contributed by atoms with van der Waals surface area (Å²) in [5.74, 6) is 0.329. The normalized spacial score (nSPS) is 20.6. The number of nitrogen functional groups attached to an aromatic ring is 1. The average molecular weight is 302 g/mol. The molecular formula is C12H22N4O3S. The van der Waals surface area contributed by atoms with Crippen LogP contribution in [0.15, 0.2) is 11.1 Å². The zero-order valence-corrected chi connectivity index (χ0v) is 12.8. The third-order valence-corrected chi connectivity index (χ3v) is 5.36. The fourth-order valence-electron chi connectivity index (χ4n) is 2.49. The van der Waals surface area contributed by atoms with E-state index in [0.717, 1.165) is 12.8 Å². The van der Waals surface area contributed by atoms with Gasteiger partial charge in [0.25, 0.3) is 0 Å². The number of anilines is 1. The Hall–Kier alpha value is -1.12. The highest BCUT2D eigenvalue weighted by atomic mass is 32.2. The molecule has 20 heavy (non-hydrogen) atoms. The van der Waals surface area contributed by atoms with Crippen LogP contribution in [0.5, 0.6) is 0 Å². The van der Waals surface area contributed by atoms with Crippen molar-refractivity contribution >= 4 is 15.8 Å². The lowest BCUT2D eigenvalue weighted by atomic mass is 10.1. The van der Waals surface area contributed by atoms with Gasteiger partial charge in [-0.2, -0.15) is 9.40 Å². The molecule has 0 spiro atoms. The Bertz CT molecular complexity index is 555. The van der Waals surface area contributed by atoms with Gasteiger partial charge in [-0.15, -0.1) is 0 Å². The fraction of sp³-hybridized carbons (Fsp3) is 0.750. The van der Waals surface area contributed by atoms with Gasteiger partial charge in [-0.05, 0) is 18.8 Å². The van der Waals surface area contributed by atoms with Crippen molar-refractivity contribution in [1.82, 2.24) is 14.1 Å². The van der Waals surface area contributed by atoms with Crippen LogP contribution < -0.4 is 5.73 Å². The van der Waals surface area contributed by atoms with Crippen LogP contribution in [-0.4, -0.2) is 49.3 Å². The van der Waals surface area contributed by atoms with Crippen molar-refractivity contribution in [2.24, 2.45) is 5.92 Å². The quantitative estimate of drug-likeness (QED) is 0.828. The van der Waals surface area contributed by atoms with Gasteiger partial charge in [0.2, 0.25) is 10.0 Å². The van der Waals surface area contributed by atoms with Crippen molar-refractivity contribution in [1.29, 1.82) is 0 Å². The van der Waals surface area contributed by atoms with Crippen molar-refractivity contribution in [3.8, 4) is 0 Å². The zero-order chi connectivity index (χ0) is 14.8. The van der Waals surface area contributed by atoms with Gasteiger partial charge < -0.3 is 10.5 Å². The van der Waals surface area contributed by atoms with Crippen molar-refractivity contribution in [2.45, 2.75) is 31.2 Å². The number of methoxy groups -OCH3 is 1. The van der Waals surface area contributed by atoms with E-state index in [1.165, 1.54) is 10.5 Å². The molecule has 2 heterocycles. The average Bonchev–Trinajstić information content (AvgIpc) is 2.98. The summed E-state index contributed by atoms with van der Waals surface area (Å²) in [5.41, 5.74) is 5.76. The van der Waals surface area contributed by atoms with Gasteiger partial charge in [-0.1, -0.05) is 6.92 Å². The fourth-order valence-corrected chi connectivity index (χ4v) is 4.08. The number of rotatable bonds is 6. The van der Waals surface area contributed by atoms with Gasteiger partial charge in [-0.25, -0.2) is 8.42 Å². The lowest BCUT2D eigenvalue weighted by Gasteiger charge is -2.15. The van der Waals surface area contributed by atoms with E-state index in [1.54, 1.807) is 11.8 Å². The van der Waals surface area contributed by atoms with E-state index in [0.29, 0.717) is 26.2 Å². The lowest BCUT2D eigenvalue weighted by molar-refractivity contribution is 0.157. The molecule has 2 N–H and O–H groups in total. The molecule has 1 fully saturated rings. The number of ether oxygens (including phenoxy) is 1. The van der Waals surface area contributed by atoms with Crippen LogP contribution in [0.2, 0.25) is 0 Å². The highest BCUT2D eigenvalue weighted by Crippen LogP contribution is 2.27. The first-order valence-corrected chi connectivity index (χ1v) is 8.25. The molecule has 0 aromatic carbocycles. The van der Waals surface area contributed by atoms with Crippen molar-refractivity contribution in [3.05, 3.63) is 6.20 Å². The summed E-state index contributed by atoms with van der Waals surface area (Å²) < 4.78 is 33.3. The predicted octanol–water partition coefficient (Wildman–Crippen LogP) is 0.532. The topological polar surface area (TPSA) is 90.5 Å². The van der Waals surface area contributed by atoms with Gasteiger partial charge in [0.1, 0.15) is 4.90 Å². The van der Waals surface area contributed by atoms with E-state index >= 15 is 0 Å². The standard InChI is InChI=1S/C12H22N4O3S/c1-3-5-15-8-11(12(13)14-15)20(17,18)16-6-4-10(7-16)9-19-2/h8,10H,3-7,9H2,1-2H3,(H2,13,14). The molecule has 1 saturated heterocycles. The maximum atomic E-state index is 12.6. The van der Waals surface area contributed by atoms with Gasteiger partial charge in [-0.3, -0.25) is 4.68 Å². The molecule has 0 amide bonds. The third-order valence-electron chi connectivity index (χ3n) is 3.48. The van der Waals surface area contributed by atoms with Crippen LogP contribution in [0.4, 0.5) is 5.82 Å².